The SMILES string of the molecule is Cc1ccc(Cl)cc1Nc1ncnc(Nc2ccccn2)c1[N+](=O)[O-]. The Labute approximate surface area is 148 Å². The fraction of sp³-hybridized carbons (Fsp3) is 0.0625. The van der Waals surface area contributed by atoms with Gasteiger partial charge in [-0.2, -0.15) is 0 Å². The van der Waals surface area contributed by atoms with Crippen molar-refractivity contribution in [1.82, 2.24) is 15.0 Å². The van der Waals surface area contributed by atoms with E-state index in [-0.39, 0.29) is 17.3 Å². The quantitative estimate of drug-likeness (QED) is 0.520. The first-order valence-corrected chi connectivity index (χ1v) is 7.63. The topological polar surface area (TPSA) is 106 Å². The number of aromatic nitrogens is 3. The average Bonchev–Trinajstić information content (AvgIpc) is 2.59. The zero-order valence-corrected chi connectivity index (χ0v) is 13.9. The number of nitrogens with one attached hydrogen (secondary N) is 2. The molecule has 0 aliphatic heterocycles. The highest BCUT2D eigenvalue weighted by molar-refractivity contribution is 6.30. The lowest BCUT2D eigenvalue weighted by molar-refractivity contribution is -0.383. The maximum absolute atomic E-state index is 11.6. The molecular weight excluding hydrogens is 344 g/mol. The van der Waals surface area contributed by atoms with Crippen LogP contribution in [0.3, 0.4) is 0 Å². The number of aryl methyl sites for hydroxylation is 1. The minimum atomic E-state index is -0.548. The first kappa shape index (κ1) is 16.6. The van der Waals surface area contributed by atoms with Crippen LogP contribution in [0.15, 0.2) is 48.9 Å². The Balaban J connectivity index is 2.01. The van der Waals surface area contributed by atoms with Gasteiger partial charge in [0.05, 0.1) is 4.92 Å². The fourth-order valence-corrected chi connectivity index (χ4v) is 2.32. The number of nitro groups is 1. The second-order valence-electron chi connectivity index (χ2n) is 5.10. The van der Waals surface area contributed by atoms with Crippen molar-refractivity contribution >= 4 is 40.4 Å². The Bertz CT molecular complexity index is 920. The number of hydrogen-bond donors (Lipinski definition) is 2. The van der Waals surface area contributed by atoms with Crippen LogP contribution in [-0.2, 0) is 0 Å². The summed E-state index contributed by atoms with van der Waals surface area (Å²) in [5, 5.41) is 17.9. The molecule has 0 atom stereocenters. The molecule has 25 heavy (non-hydrogen) atoms. The molecule has 2 aromatic heterocycles. The second kappa shape index (κ2) is 7.10. The van der Waals surface area contributed by atoms with Gasteiger partial charge in [0.1, 0.15) is 12.1 Å². The second-order valence-corrected chi connectivity index (χ2v) is 5.54. The number of anilines is 4. The molecular formula is C16H13ClN6O2. The summed E-state index contributed by atoms with van der Waals surface area (Å²) in [4.78, 5) is 23.1. The Morgan fingerprint density at radius 2 is 1.84 bits per heavy atom. The molecule has 0 fully saturated rings. The van der Waals surface area contributed by atoms with Gasteiger partial charge in [-0.15, -0.1) is 0 Å². The molecule has 9 heteroatoms. The van der Waals surface area contributed by atoms with Crippen LogP contribution < -0.4 is 10.6 Å². The van der Waals surface area contributed by atoms with Gasteiger partial charge >= 0.3 is 5.69 Å². The summed E-state index contributed by atoms with van der Waals surface area (Å²) in [6, 6.07) is 10.4. The molecule has 0 unspecified atom stereocenters. The molecule has 126 valence electrons. The molecule has 1 aromatic carbocycles. The van der Waals surface area contributed by atoms with Crippen LogP contribution in [0.1, 0.15) is 5.56 Å². The predicted octanol–water partition coefficient (Wildman–Crippen LogP) is 4.23. The van der Waals surface area contributed by atoms with Crippen molar-refractivity contribution in [1.29, 1.82) is 0 Å². The lowest BCUT2D eigenvalue weighted by atomic mass is 10.2. The van der Waals surface area contributed by atoms with E-state index < -0.39 is 4.92 Å². The first-order chi connectivity index (χ1) is 12.0. The highest BCUT2D eigenvalue weighted by Crippen LogP contribution is 2.33. The molecule has 2 heterocycles. The van der Waals surface area contributed by atoms with Gasteiger partial charge in [-0.3, -0.25) is 10.1 Å². The van der Waals surface area contributed by atoms with Crippen molar-refractivity contribution in [3.05, 3.63) is 69.6 Å². The third-order valence-electron chi connectivity index (χ3n) is 3.37. The van der Waals surface area contributed by atoms with Crippen molar-refractivity contribution in [2.45, 2.75) is 6.92 Å². The number of hydrogen-bond acceptors (Lipinski definition) is 7. The number of nitrogens with zero attached hydrogens (tertiary/aromatic N) is 4. The van der Waals surface area contributed by atoms with Crippen LogP contribution in [0.25, 0.3) is 0 Å². The fourth-order valence-electron chi connectivity index (χ4n) is 2.15. The van der Waals surface area contributed by atoms with Crippen molar-refractivity contribution in [3.63, 3.8) is 0 Å². The first-order valence-electron chi connectivity index (χ1n) is 7.25. The van der Waals surface area contributed by atoms with Gasteiger partial charge in [0.25, 0.3) is 0 Å². The van der Waals surface area contributed by atoms with Crippen molar-refractivity contribution < 1.29 is 4.92 Å². The molecule has 3 aromatic rings. The van der Waals surface area contributed by atoms with Crippen molar-refractivity contribution in [2.24, 2.45) is 0 Å². The van der Waals surface area contributed by atoms with Crippen LogP contribution >= 0.6 is 11.6 Å². The monoisotopic (exact) mass is 356 g/mol. The molecule has 0 radical (unpaired) electrons. The lowest BCUT2D eigenvalue weighted by Gasteiger charge is -2.11. The van der Waals surface area contributed by atoms with E-state index >= 15 is 0 Å². The van der Waals surface area contributed by atoms with E-state index in [1.807, 2.05) is 13.0 Å². The summed E-state index contributed by atoms with van der Waals surface area (Å²) in [7, 11) is 0. The molecule has 0 bridgehead atoms. The van der Waals surface area contributed by atoms with Crippen LogP contribution in [-0.4, -0.2) is 19.9 Å². The summed E-state index contributed by atoms with van der Waals surface area (Å²) >= 11 is 6.00. The van der Waals surface area contributed by atoms with E-state index in [1.54, 1.807) is 36.5 Å². The molecule has 0 aliphatic rings. The highest BCUT2D eigenvalue weighted by atomic mass is 35.5. The van der Waals surface area contributed by atoms with Gasteiger partial charge < -0.3 is 10.6 Å². The van der Waals surface area contributed by atoms with E-state index in [4.69, 9.17) is 11.6 Å². The zero-order chi connectivity index (χ0) is 17.8. The Kier molecular flexibility index (Phi) is 4.71. The summed E-state index contributed by atoms with van der Waals surface area (Å²) in [5.41, 5.74) is 1.21. The molecule has 0 amide bonds. The van der Waals surface area contributed by atoms with E-state index in [2.05, 4.69) is 25.6 Å². The Hall–Kier alpha value is -3.26. The van der Waals surface area contributed by atoms with Gasteiger partial charge in [0.2, 0.25) is 11.6 Å². The maximum atomic E-state index is 11.6. The molecule has 0 saturated carbocycles. The van der Waals surface area contributed by atoms with Gasteiger partial charge in [-0.25, -0.2) is 15.0 Å². The number of halogens is 1. The number of pyridine rings is 1. The average molecular weight is 357 g/mol. The summed E-state index contributed by atoms with van der Waals surface area (Å²) in [5.74, 6) is 0.541. The zero-order valence-electron chi connectivity index (χ0n) is 13.1. The largest absolute Gasteiger partial charge is 0.353 e. The van der Waals surface area contributed by atoms with Crippen LogP contribution in [0.4, 0.5) is 28.8 Å². The minimum Gasteiger partial charge on any atom is -0.334 e. The summed E-state index contributed by atoms with van der Waals surface area (Å²) < 4.78 is 0. The van der Waals surface area contributed by atoms with E-state index in [9.17, 15) is 10.1 Å². The van der Waals surface area contributed by atoms with Crippen LogP contribution in [0.5, 0.6) is 0 Å². The van der Waals surface area contributed by atoms with Gasteiger partial charge in [0, 0.05) is 16.9 Å². The third-order valence-corrected chi connectivity index (χ3v) is 3.60. The molecule has 0 spiro atoms. The number of rotatable bonds is 5. The van der Waals surface area contributed by atoms with E-state index in [0.717, 1.165) is 5.56 Å². The standard InChI is InChI=1S/C16H13ClN6O2/c1-10-5-6-11(17)8-12(10)21-15-14(23(24)25)16(20-9-19-15)22-13-4-2-3-7-18-13/h2-9H,1H3,(H2,18,19,20,21,22). The summed E-state index contributed by atoms with van der Waals surface area (Å²) in [6.45, 7) is 1.86. The maximum Gasteiger partial charge on any atom is 0.353 e. The predicted molar refractivity (Wildman–Crippen MR) is 95.7 cm³/mol. The molecule has 0 saturated heterocycles. The van der Waals surface area contributed by atoms with Gasteiger partial charge in [-0.05, 0) is 36.8 Å². The van der Waals surface area contributed by atoms with Crippen molar-refractivity contribution in [3.8, 4) is 0 Å². The van der Waals surface area contributed by atoms with Gasteiger partial charge in [0.15, 0.2) is 0 Å². The van der Waals surface area contributed by atoms with Crippen molar-refractivity contribution in [2.75, 3.05) is 10.6 Å². The molecule has 2 N–H and O–H groups in total. The van der Waals surface area contributed by atoms with Crippen LogP contribution in [0, 0.1) is 17.0 Å². The molecule has 3 rings (SSSR count). The smallest absolute Gasteiger partial charge is 0.334 e. The minimum absolute atomic E-state index is 0.0425. The normalized spacial score (nSPS) is 10.3. The van der Waals surface area contributed by atoms with Gasteiger partial charge in [-0.1, -0.05) is 23.7 Å². The third kappa shape index (κ3) is 3.81. The number of benzene rings is 1. The van der Waals surface area contributed by atoms with E-state index in [0.29, 0.717) is 16.5 Å². The molecule has 8 nitrogen and oxygen atoms in total. The summed E-state index contributed by atoms with van der Waals surface area (Å²) in [6.07, 6.45) is 2.81. The Morgan fingerprint density at radius 3 is 2.52 bits per heavy atom. The Morgan fingerprint density at radius 1 is 1.08 bits per heavy atom. The lowest BCUT2D eigenvalue weighted by Crippen LogP contribution is -2.06. The van der Waals surface area contributed by atoms with E-state index in [1.165, 1.54) is 6.33 Å². The molecule has 0 aliphatic carbocycles. The highest BCUT2D eigenvalue weighted by Gasteiger charge is 2.24. The van der Waals surface area contributed by atoms with Crippen LogP contribution in [0.2, 0.25) is 5.02 Å².